The number of hydrogen-bond donors (Lipinski definition) is 0. The molecule has 3 rings (SSSR count). The molecular weight excluding hydrogens is 865 g/mol. The van der Waals surface area contributed by atoms with E-state index in [2.05, 4.69) is 235 Å². The maximum atomic E-state index is 2.36. The quantitative estimate of drug-likeness (QED) is 0.163. The molecule has 0 saturated heterocycles. The second-order valence-corrected chi connectivity index (χ2v) is 29.5. The zero-order chi connectivity index (χ0) is 58.5. The van der Waals surface area contributed by atoms with E-state index in [-0.39, 0.29) is 0 Å². The molecule has 0 aromatic carbocycles. The van der Waals surface area contributed by atoms with Gasteiger partial charge in [0.25, 0.3) is 0 Å². The van der Waals surface area contributed by atoms with Crippen LogP contribution in [0.2, 0.25) is 0 Å². The van der Waals surface area contributed by atoms with Crippen molar-refractivity contribution in [2.75, 3.05) is 0 Å². The highest BCUT2D eigenvalue weighted by Crippen LogP contribution is 2.36. The summed E-state index contributed by atoms with van der Waals surface area (Å²) in [6.07, 6.45) is 32.5. The Labute approximate surface area is 467 Å². The highest BCUT2D eigenvalue weighted by molar-refractivity contribution is 4.74. The van der Waals surface area contributed by atoms with E-state index in [9.17, 15) is 0 Å². The highest BCUT2D eigenvalue weighted by Gasteiger charge is 2.22. The second kappa shape index (κ2) is 50.5. The molecule has 0 heterocycles. The van der Waals surface area contributed by atoms with E-state index >= 15 is 0 Å². The molecule has 0 heteroatoms. The van der Waals surface area contributed by atoms with E-state index < -0.39 is 0 Å². The smallest absolute Gasteiger partial charge is 0.0334 e. The third-order valence-corrected chi connectivity index (χ3v) is 19.6. The number of hydrogen-bond acceptors (Lipinski definition) is 0. The molecule has 0 amide bonds. The van der Waals surface area contributed by atoms with E-state index in [1.165, 1.54) is 148 Å². The predicted octanol–water partition coefficient (Wildman–Crippen LogP) is 27.6. The topological polar surface area (TPSA) is 0 Å². The molecule has 0 spiro atoms. The van der Waals surface area contributed by atoms with Gasteiger partial charge >= 0.3 is 0 Å². The lowest BCUT2D eigenvalue weighted by atomic mass is 9.79. The van der Waals surface area contributed by atoms with E-state index in [1.807, 2.05) is 0 Å². The van der Waals surface area contributed by atoms with Gasteiger partial charge in [-0.15, -0.1) is 0 Å². The van der Waals surface area contributed by atoms with Gasteiger partial charge in [-0.3, -0.25) is 0 Å². The lowest BCUT2D eigenvalue weighted by Crippen LogP contribution is -2.17. The lowest BCUT2D eigenvalue weighted by molar-refractivity contribution is 0.240. The van der Waals surface area contributed by atoms with Gasteiger partial charge in [-0.2, -0.15) is 0 Å². The third-order valence-electron chi connectivity index (χ3n) is 19.6. The van der Waals surface area contributed by atoms with Crippen molar-refractivity contribution in [3.8, 4) is 0 Å². The molecule has 0 aromatic heterocycles. The Morgan fingerprint density at radius 3 is 0.792 bits per heavy atom. The Bertz CT molecular complexity index is 942. The molecule has 0 unspecified atom stereocenters. The average molecular weight is 1020 g/mol. The van der Waals surface area contributed by atoms with Gasteiger partial charge in [0.15, 0.2) is 0 Å². The van der Waals surface area contributed by atoms with Crippen LogP contribution in [0.25, 0.3) is 0 Å². The normalized spacial score (nSPS) is 16.3. The largest absolute Gasteiger partial charge is 0.0651 e. The summed E-state index contributed by atoms with van der Waals surface area (Å²) in [6, 6.07) is 0. The molecule has 0 aromatic rings. The summed E-state index contributed by atoms with van der Waals surface area (Å²) in [7, 11) is 0. The minimum Gasteiger partial charge on any atom is -0.0651 e. The molecule has 0 bridgehead atoms. The highest BCUT2D eigenvalue weighted by atomic mass is 14.3. The van der Waals surface area contributed by atoms with Crippen LogP contribution in [0.5, 0.6) is 0 Å². The summed E-state index contributed by atoms with van der Waals surface area (Å²) < 4.78 is 0. The maximum absolute atomic E-state index is 2.36. The van der Waals surface area contributed by atoms with Crippen molar-refractivity contribution in [2.24, 2.45) is 86.3 Å². The maximum Gasteiger partial charge on any atom is -0.0334 e. The Morgan fingerprint density at radius 1 is 0.403 bits per heavy atom. The van der Waals surface area contributed by atoms with E-state index in [1.54, 1.807) is 0 Å². The molecule has 3 aliphatic rings. The van der Waals surface area contributed by atoms with Crippen LogP contribution in [0.3, 0.4) is 0 Å². The predicted molar refractivity (Wildman–Crippen MR) is 346 cm³/mol. The fourth-order valence-corrected chi connectivity index (χ4v) is 7.07. The number of rotatable bonds is 14. The van der Waals surface area contributed by atoms with Gasteiger partial charge < -0.3 is 0 Å². The molecule has 3 fully saturated rings. The summed E-state index contributed by atoms with van der Waals surface area (Å²) >= 11 is 0. The van der Waals surface area contributed by atoms with Crippen LogP contribution in [-0.4, -0.2) is 0 Å². The molecule has 3 saturated carbocycles. The molecule has 0 nitrogen and oxygen atoms in total. The molecule has 0 N–H and O–H groups in total. The summed E-state index contributed by atoms with van der Waals surface area (Å²) in [5.41, 5.74) is 2.90. The van der Waals surface area contributed by atoms with Crippen LogP contribution in [0, 0.1) is 86.3 Å². The van der Waals surface area contributed by atoms with Crippen LogP contribution in [0.1, 0.15) is 383 Å². The Kier molecular flexibility index (Phi) is 60.3. The SMILES string of the molecule is CC(C)C(C)(C)C.CC(C)C(C)C(C)C.CC1(C)CCCC1.CC1CCCCC1.CCC(C)(C)C(C)C.CCC(C)(C)CC.CCC(C)(C)CC.CCC(CC)CC.CCC1CCCC1.CC[C@H](C)C(C)C. The van der Waals surface area contributed by atoms with Gasteiger partial charge in [-0.1, -0.05) is 370 Å². The van der Waals surface area contributed by atoms with Crippen molar-refractivity contribution in [3.63, 3.8) is 0 Å². The first-order valence-electron chi connectivity index (χ1n) is 32.8. The Morgan fingerprint density at radius 2 is 0.722 bits per heavy atom. The summed E-state index contributed by atoms with van der Waals surface area (Å²) in [4.78, 5) is 0. The van der Waals surface area contributed by atoms with Crippen molar-refractivity contribution in [3.05, 3.63) is 0 Å². The molecule has 0 aliphatic heterocycles. The lowest BCUT2D eigenvalue weighted by Gasteiger charge is -2.27. The molecule has 1 atom stereocenters. The fraction of sp³-hybridized carbons (Fsp3) is 1.00. The van der Waals surface area contributed by atoms with Crippen molar-refractivity contribution in [1.29, 1.82) is 0 Å². The minimum atomic E-state index is 0.500. The summed E-state index contributed by atoms with van der Waals surface area (Å²) in [6.45, 7) is 77.6. The standard InChI is InChI=1S/2C8H18.3C7H14.5C7H16/c1-6-8(4,5)7(2)3;1-6(2)8(5)7(3)4;1-7(2)5-3-4-6-7;1-7-5-3-2-4-6-7;1-2-7-5-3-4-6-7;1-6(2)7(3,4)5;2*1-5-7(3,4)6-2;1-5-7(4)6(2)3;1-4-7(5-2)6-3/h7H,6H2,1-5H3;6-8H,1-5H3;3-6H2,1-2H3;2*7H,2-6H2,1H3;6H,1-5H3;2*5-6H2,1-4H3;6-7H,5H2,1-4H3;7H,4-6H2,1-3H3/t;;;;;;;;7-;/m........0./s1. The van der Waals surface area contributed by atoms with Crippen molar-refractivity contribution < 1.29 is 0 Å². The van der Waals surface area contributed by atoms with Gasteiger partial charge in [0, 0.05) is 0 Å². The van der Waals surface area contributed by atoms with Crippen LogP contribution in [0.15, 0.2) is 0 Å². The van der Waals surface area contributed by atoms with Crippen LogP contribution >= 0.6 is 0 Å². The third kappa shape index (κ3) is 62.5. The molecule has 72 heavy (non-hydrogen) atoms. The van der Waals surface area contributed by atoms with E-state index in [0.717, 1.165) is 59.2 Å². The zero-order valence-electron chi connectivity index (χ0n) is 58.5. The molecule has 3 aliphatic carbocycles. The second-order valence-electron chi connectivity index (χ2n) is 29.5. The fourth-order valence-electron chi connectivity index (χ4n) is 7.07. The first-order chi connectivity index (χ1) is 32.8. The summed E-state index contributed by atoms with van der Waals surface area (Å²) in [5, 5.41) is 0. The van der Waals surface area contributed by atoms with Gasteiger partial charge in [0.2, 0.25) is 0 Å². The van der Waals surface area contributed by atoms with Gasteiger partial charge in [0.05, 0.1) is 0 Å². The van der Waals surface area contributed by atoms with Crippen molar-refractivity contribution in [1.82, 2.24) is 0 Å². The van der Waals surface area contributed by atoms with Crippen LogP contribution in [0.4, 0.5) is 0 Å². The monoisotopic (exact) mass is 1020 g/mol. The Hall–Kier alpha value is 0. The van der Waals surface area contributed by atoms with E-state index in [0.29, 0.717) is 27.1 Å². The average Bonchev–Trinajstić information content (AvgIpc) is 4.02. The molecular formula is C72H158. The minimum absolute atomic E-state index is 0.500. The van der Waals surface area contributed by atoms with Crippen molar-refractivity contribution >= 4 is 0 Å². The van der Waals surface area contributed by atoms with Crippen LogP contribution < -0.4 is 0 Å². The Balaban J connectivity index is -0.000000130. The van der Waals surface area contributed by atoms with Gasteiger partial charge in [-0.05, 0) is 99.1 Å². The van der Waals surface area contributed by atoms with Gasteiger partial charge in [-0.25, -0.2) is 0 Å². The van der Waals surface area contributed by atoms with E-state index in [4.69, 9.17) is 0 Å². The first-order valence-corrected chi connectivity index (χ1v) is 32.8. The first kappa shape index (κ1) is 85.9. The summed E-state index contributed by atoms with van der Waals surface area (Å²) in [5.74, 6) is 9.05. The van der Waals surface area contributed by atoms with Gasteiger partial charge in [0.1, 0.15) is 0 Å². The molecule has 446 valence electrons. The van der Waals surface area contributed by atoms with Crippen LogP contribution in [-0.2, 0) is 0 Å². The van der Waals surface area contributed by atoms with Crippen molar-refractivity contribution in [2.45, 2.75) is 383 Å². The zero-order valence-corrected chi connectivity index (χ0v) is 58.5. The molecule has 0 radical (unpaired) electrons.